The molecule has 0 atom stereocenters. The molecule has 7 nitrogen and oxygen atoms in total. The number of hydrogen-bond donors (Lipinski definition) is 1. The zero-order valence-electron chi connectivity index (χ0n) is 16.2. The highest BCUT2D eigenvalue weighted by molar-refractivity contribution is 7.15. The van der Waals surface area contributed by atoms with Crippen LogP contribution in [-0.4, -0.2) is 33.8 Å². The summed E-state index contributed by atoms with van der Waals surface area (Å²) in [6.45, 7) is 0.720. The van der Waals surface area contributed by atoms with E-state index in [9.17, 15) is 4.79 Å². The van der Waals surface area contributed by atoms with E-state index in [4.69, 9.17) is 21.1 Å². The zero-order chi connectivity index (χ0) is 21.2. The van der Waals surface area contributed by atoms with Crippen molar-refractivity contribution in [1.29, 1.82) is 0 Å². The predicted octanol–water partition coefficient (Wildman–Crippen LogP) is 4.21. The number of benzene rings is 2. The van der Waals surface area contributed by atoms with Crippen LogP contribution in [0, 0.1) is 0 Å². The Morgan fingerprint density at radius 1 is 1.19 bits per heavy atom. The van der Waals surface area contributed by atoms with Gasteiger partial charge in [0.1, 0.15) is 0 Å². The lowest BCUT2D eigenvalue weighted by atomic mass is 10.2. The van der Waals surface area contributed by atoms with Crippen LogP contribution in [-0.2, 0) is 11.2 Å². The number of thiazole rings is 1. The largest absolute Gasteiger partial charge is 0.454 e. The molecule has 4 aromatic rings. The number of carbonyl (C=O) groups excluding carboxylic acids is 1. The van der Waals surface area contributed by atoms with Crippen LogP contribution in [0.1, 0.15) is 11.3 Å². The molecule has 0 bridgehead atoms. The quantitative estimate of drug-likeness (QED) is 0.443. The van der Waals surface area contributed by atoms with Crippen molar-refractivity contribution in [2.75, 3.05) is 13.3 Å². The molecule has 0 unspecified atom stereocenters. The van der Waals surface area contributed by atoms with Gasteiger partial charge in [-0.3, -0.25) is 4.79 Å². The molecule has 2 aromatic carbocycles. The Morgan fingerprint density at radius 2 is 2.03 bits per heavy atom. The number of nitrogens with zero attached hydrogens (tertiary/aromatic N) is 3. The first-order valence-corrected chi connectivity index (χ1v) is 10.9. The van der Waals surface area contributed by atoms with Gasteiger partial charge in [0, 0.05) is 35.0 Å². The SMILES string of the molecule is O=C(C=Cc1ccc2c(c1)OCO2)NCCc1csc2nc(-c3ccc(Cl)cc3)nn12. The summed E-state index contributed by atoms with van der Waals surface area (Å²) >= 11 is 7.47. The topological polar surface area (TPSA) is 77.8 Å². The third-order valence-electron chi connectivity index (χ3n) is 4.76. The van der Waals surface area contributed by atoms with Gasteiger partial charge in [-0.15, -0.1) is 16.4 Å². The molecule has 0 saturated heterocycles. The Balaban J connectivity index is 1.19. The molecule has 0 radical (unpaired) electrons. The van der Waals surface area contributed by atoms with Gasteiger partial charge < -0.3 is 14.8 Å². The standard InChI is InChI=1S/C22H17ClN4O3S/c23-16-5-3-15(4-6-16)21-25-22-27(26-21)17(12-31-22)9-10-24-20(28)8-2-14-1-7-18-19(11-14)30-13-29-18/h1-8,11-12H,9-10,13H2,(H,24,28). The normalized spacial score (nSPS) is 12.7. The highest BCUT2D eigenvalue weighted by Crippen LogP contribution is 2.32. The highest BCUT2D eigenvalue weighted by atomic mass is 35.5. The number of halogens is 1. The first-order chi connectivity index (χ1) is 15.2. The molecule has 0 aliphatic carbocycles. The van der Waals surface area contributed by atoms with Crippen molar-refractivity contribution in [2.45, 2.75) is 6.42 Å². The van der Waals surface area contributed by atoms with Gasteiger partial charge >= 0.3 is 0 Å². The summed E-state index contributed by atoms with van der Waals surface area (Å²) in [5, 5.41) is 10.2. The van der Waals surface area contributed by atoms with E-state index >= 15 is 0 Å². The third kappa shape index (κ3) is 4.26. The number of aromatic nitrogens is 3. The summed E-state index contributed by atoms with van der Waals surface area (Å²) in [4.78, 5) is 17.5. The summed E-state index contributed by atoms with van der Waals surface area (Å²) in [6, 6.07) is 13.0. The number of ether oxygens (including phenoxy) is 2. The molecule has 1 amide bonds. The molecule has 0 spiro atoms. The van der Waals surface area contributed by atoms with Gasteiger partial charge in [0.2, 0.25) is 17.7 Å². The van der Waals surface area contributed by atoms with E-state index in [1.807, 2.05) is 52.4 Å². The smallest absolute Gasteiger partial charge is 0.244 e. The number of fused-ring (bicyclic) bond motifs is 2. The van der Waals surface area contributed by atoms with E-state index in [-0.39, 0.29) is 12.7 Å². The first-order valence-electron chi connectivity index (χ1n) is 9.60. The minimum atomic E-state index is -0.162. The zero-order valence-corrected chi connectivity index (χ0v) is 17.8. The minimum Gasteiger partial charge on any atom is -0.454 e. The lowest BCUT2D eigenvalue weighted by Crippen LogP contribution is -2.23. The van der Waals surface area contributed by atoms with Crippen LogP contribution in [0.4, 0.5) is 0 Å². The summed E-state index contributed by atoms with van der Waals surface area (Å²) in [5.74, 6) is 1.90. The van der Waals surface area contributed by atoms with Gasteiger partial charge in [-0.05, 0) is 48.0 Å². The fourth-order valence-corrected chi connectivity index (χ4v) is 4.16. The van der Waals surface area contributed by atoms with E-state index in [2.05, 4.69) is 15.4 Å². The summed E-state index contributed by atoms with van der Waals surface area (Å²) in [5.41, 5.74) is 2.78. The first kappa shape index (κ1) is 19.6. The minimum absolute atomic E-state index is 0.162. The lowest BCUT2D eigenvalue weighted by Gasteiger charge is -2.02. The highest BCUT2D eigenvalue weighted by Gasteiger charge is 2.13. The fraction of sp³-hybridized carbons (Fsp3) is 0.136. The van der Waals surface area contributed by atoms with Crippen molar-refractivity contribution in [3.05, 3.63) is 70.2 Å². The molecule has 3 heterocycles. The molecule has 2 aromatic heterocycles. The van der Waals surface area contributed by atoms with Crippen LogP contribution in [0.15, 0.2) is 53.9 Å². The molecule has 0 fully saturated rings. The maximum atomic E-state index is 12.2. The van der Waals surface area contributed by atoms with Crippen LogP contribution < -0.4 is 14.8 Å². The van der Waals surface area contributed by atoms with Crippen molar-refractivity contribution >= 4 is 39.9 Å². The summed E-state index contributed by atoms with van der Waals surface area (Å²) < 4.78 is 12.5. The van der Waals surface area contributed by atoms with E-state index in [1.165, 1.54) is 17.4 Å². The number of nitrogens with one attached hydrogen (secondary N) is 1. The molecular weight excluding hydrogens is 436 g/mol. The van der Waals surface area contributed by atoms with E-state index in [1.54, 1.807) is 6.08 Å². The van der Waals surface area contributed by atoms with E-state index < -0.39 is 0 Å². The molecular formula is C22H17ClN4O3S. The Morgan fingerprint density at radius 3 is 2.90 bits per heavy atom. The summed E-state index contributed by atoms with van der Waals surface area (Å²) in [6.07, 6.45) is 3.90. The number of amides is 1. The molecule has 156 valence electrons. The second kappa shape index (κ2) is 8.41. The predicted molar refractivity (Wildman–Crippen MR) is 120 cm³/mol. The Bertz CT molecular complexity index is 1280. The number of rotatable bonds is 6. The van der Waals surface area contributed by atoms with Gasteiger partial charge in [-0.1, -0.05) is 17.7 Å². The monoisotopic (exact) mass is 452 g/mol. The van der Waals surface area contributed by atoms with Crippen LogP contribution >= 0.6 is 22.9 Å². The Labute approximate surface area is 186 Å². The summed E-state index contributed by atoms with van der Waals surface area (Å²) in [7, 11) is 0. The van der Waals surface area contributed by atoms with Crippen molar-refractivity contribution in [3.63, 3.8) is 0 Å². The van der Waals surface area contributed by atoms with Crippen LogP contribution in [0.3, 0.4) is 0 Å². The fourth-order valence-electron chi connectivity index (χ4n) is 3.18. The van der Waals surface area contributed by atoms with Crippen molar-refractivity contribution in [1.82, 2.24) is 19.9 Å². The second-order valence-corrected chi connectivity index (χ2v) is 8.12. The molecule has 5 rings (SSSR count). The van der Waals surface area contributed by atoms with Gasteiger partial charge in [0.25, 0.3) is 0 Å². The molecule has 0 saturated carbocycles. The maximum absolute atomic E-state index is 12.2. The Hall–Kier alpha value is -3.36. The van der Waals surface area contributed by atoms with Crippen LogP contribution in [0.5, 0.6) is 11.5 Å². The Kier molecular flexibility index (Phi) is 5.31. The van der Waals surface area contributed by atoms with E-state index in [0.717, 1.165) is 27.5 Å². The van der Waals surface area contributed by atoms with Crippen molar-refractivity contribution < 1.29 is 14.3 Å². The average Bonchev–Trinajstić information content (AvgIpc) is 3.49. The molecule has 1 aliphatic heterocycles. The second-order valence-electron chi connectivity index (χ2n) is 6.85. The van der Waals surface area contributed by atoms with Gasteiger partial charge in [0.05, 0.1) is 5.69 Å². The maximum Gasteiger partial charge on any atom is 0.244 e. The molecule has 31 heavy (non-hydrogen) atoms. The van der Waals surface area contributed by atoms with Crippen LogP contribution in [0.25, 0.3) is 22.4 Å². The molecule has 1 N–H and O–H groups in total. The third-order valence-corrected chi connectivity index (χ3v) is 5.87. The van der Waals surface area contributed by atoms with Crippen molar-refractivity contribution in [3.8, 4) is 22.9 Å². The van der Waals surface area contributed by atoms with Crippen molar-refractivity contribution in [2.24, 2.45) is 0 Å². The van der Waals surface area contributed by atoms with E-state index in [0.29, 0.717) is 29.6 Å². The number of hydrogen-bond acceptors (Lipinski definition) is 6. The molecule has 9 heteroatoms. The van der Waals surface area contributed by atoms with Gasteiger partial charge in [-0.25, -0.2) is 4.52 Å². The van der Waals surface area contributed by atoms with Gasteiger partial charge in [0.15, 0.2) is 17.3 Å². The lowest BCUT2D eigenvalue weighted by molar-refractivity contribution is -0.116. The van der Waals surface area contributed by atoms with Crippen LogP contribution in [0.2, 0.25) is 5.02 Å². The average molecular weight is 453 g/mol. The molecule has 1 aliphatic rings. The van der Waals surface area contributed by atoms with Gasteiger partial charge in [-0.2, -0.15) is 4.98 Å². The number of carbonyl (C=O) groups is 1.